The highest BCUT2D eigenvalue weighted by Gasteiger charge is 2.75. The Morgan fingerprint density at radius 1 is 1.15 bits per heavy atom. The van der Waals surface area contributed by atoms with Gasteiger partial charge in [0.25, 0.3) is 0 Å². The van der Waals surface area contributed by atoms with Gasteiger partial charge >= 0.3 is 5.97 Å². The van der Waals surface area contributed by atoms with Gasteiger partial charge < -0.3 is 10.5 Å². The Hall–Kier alpha value is -2.25. The summed E-state index contributed by atoms with van der Waals surface area (Å²) in [5.41, 5.74) is 5.06. The van der Waals surface area contributed by atoms with Gasteiger partial charge in [-0.3, -0.25) is 4.79 Å². The molecule has 1 saturated carbocycles. The Morgan fingerprint density at radius 2 is 1.77 bits per heavy atom. The average Bonchev–Trinajstić information content (AvgIpc) is 3.35. The number of hydrogen-bond donors (Lipinski definition) is 1. The van der Waals surface area contributed by atoms with E-state index in [1.165, 1.54) is 36.4 Å². The van der Waals surface area contributed by atoms with Crippen LogP contribution < -0.4 is 5.73 Å². The summed E-state index contributed by atoms with van der Waals surface area (Å²) in [7, 11) is -3.83. The minimum absolute atomic E-state index is 0.120. The van der Waals surface area contributed by atoms with Gasteiger partial charge in [0, 0.05) is 12.5 Å². The quantitative estimate of drug-likeness (QED) is 0.781. The Bertz CT molecular complexity index is 899. The number of carbonyl (C=O) groups excluding carboxylic acids is 1. The lowest BCUT2D eigenvalue weighted by molar-refractivity contribution is -0.149. The maximum absolute atomic E-state index is 13.3. The zero-order valence-corrected chi connectivity index (χ0v) is 15.1. The van der Waals surface area contributed by atoms with Crippen molar-refractivity contribution in [3.05, 3.63) is 66.0 Å². The standard InChI is InChI=1S/C19H20FNO4S/c1-2-25-18(22)19(12-21)16(13-8-10-14(20)11-9-13)17(19)26(23,24)15-6-4-3-5-7-15/h3-11,16-17H,2,12,21H2,1H3. The van der Waals surface area contributed by atoms with Crippen LogP contribution in [0, 0.1) is 11.2 Å². The molecule has 2 N–H and O–H groups in total. The van der Waals surface area contributed by atoms with Crippen molar-refractivity contribution in [1.82, 2.24) is 0 Å². The molecule has 0 aliphatic heterocycles. The molecule has 7 heteroatoms. The van der Waals surface area contributed by atoms with Crippen molar-refractivity contribution < 1.29 is 22.3 Å². The van der Waals surface area contributed by atoms with E-state index in [4.69, 9.17) is 10.5 Å². The summed E-state index contributed by atoms with van der Waals surface area (Å²) in [5.74, 6) is -1.76. The van der Waals surface area contributed by atoms with Gasteiger partial charge in [-0.1, -0.05) is 30.3 Å². The number of sulfone groups is 1. The van der Waals surface area contributed by atoms with E-state index in [0.29, 0.717) is 5.56 Å². The van der Waals surface area contributed by atoms with E-state index in [-0.39, 0.29) is 18.0 Å². The van der Waals surface area contributed by atoms with E-state index >= 15 is 0 Å². The number of esters is 1. The summed E-state index contributed by atoms with van der Waals surface area (Å²) in [6, 6.07) is 13.4. The fourth-order valence-electron chi connectivity index (χ4n) is 3.59. The van der Waals surface area contributed by atoms with Crippen LogP contribution >= 0.6 is 0 Å². The normalized spacial score (nSPS) is 24.9. The first-order chi connectivity index (χ1) is 12.4. The number of hydrogen-bond acceptors (Lipinski definition) is 5. The first-order valence-electron chi connectivity index (χ1n) is 8.31. The van der Waals surface area contributed by atoms with Crippen LogP contribution in [0.2, 0.25) is 0 Å². The van der Waals surface area contributed by atoms with E-state index in [1.54, 1.807) is 25.1 Å². The zero-order chi connectivity index (χ0) is 18.9. The van der Waals surface area contributed by atoms with Crippen LogP contribution in [0.3, 0.4) is 0 Å². The summed E-state index contributed by atoms with van der Waals surface area (Å²) < 4.78 is 44.8. The fourth-order valence-corrected chi connectivity index (χ4v) is 6.00. The Morgan fingerprint density at radius 3 is 2.31 bits per heavy atom. The third-order valence-electron chi connectivity index (χ3n) is 4.88. The van der Waals surface area contributed by atoms with Crippen molar-refractivity contribution in [3.63, 3.8) is 0 Å². The lowest BCUT2D eigenvalue weighted by atomic mass is 9.99. The molecule has 0 saturated heterocycles. The first kappa shape index (κ1) is 18.5. The minimum atomic E-state index is -3.83. The Labute approximate surface area is 151 Å². The SMILES string of the molecule is CCOC(=O)C1(CN)C(c2ccc(F)cc2)C1S(=O)(=O)c1ccccc1. The molecule has 0 amide bonds. The smallest absolute Gasteiger partial charge is 0.315 e. The van der Waals surface area contributed by atoms with Gasteiger partial charge in [0.05, 0.1) is 16.8 Å². The fraction of sp³-hybridized carbons (Fsp3) is 0.316. The summed E-state index contributed by atoms with van der Waals surface area (Å²) in [6.45, 7) is 1.59. The molecule has 3 atom stereocenters. The van der Waals surface area contributed by atoms with Crippen molar-refractivity contribution in [2.75, 3.05) is 13.2 Å². The van der Waals surface area contributed by atoms with Crippen LogP contribution in [0.15, 0.2) is 59.5 Å². The lowest BCUT2D eigenvalue weighted by Crippen LogP contribution is -2.33. The summed E-state index contributed by atoms with van der Waals surface area (Å²) in [6.07, 6.45) is 0. The Kier molecular flexibility index (Phi) is 4.86. The number of halogens is 1. The van der Waals surface area contributed by atoms with E-state index < -0.39 is 38.2 Å². The van der Waals surface area contributed by atoms with Crippen LogP contribution in [-0.2, 0) is 19.4 Å². The Balaban J connectivity index is 2.11. The monoisotopic (exact) mass is 377 g/mol. The molecule has 0 heterocycles. The predicted molar refractivity (Wildman–Crippen MR) is 94.7 cm³/mol. The average molecular weight is 377 g/mol. The summed E-state index contributed by atoms with van der Waals surface area (Å²) in [5, 5.41) is -1.05. The van der Waals surface area contributed by atoms with Gasteiger partial charge in [0.15, 0.2) is 9.84 Å². The molecule has 0 bridgehead atoms. The second-order valence-corrected chi connectivity index (χ2v) is 8.34. The van der Waals surface area contributed by atoms with Gasteiger partial charge in [-0.2, -0.15) is 0 Å². The van der Waals surface area contributed by atoms with Crippen LogP contribution in [-0.4, -0.2) is 32.8 Å². The number of carbonyl (C=O) groups is 1. The van der Waals surface area contributed by atoms with Crippen LogP contribution in [0.5, 0.6) is 0 Å². The molecule has 3 unspecified atom stereocenters. The van der Waals surface area contributed by atoms with Crippen molar-refractivity contribution in [3.8, 4) is 0 Å². The number of rotatable bonds is 6. The highest BCUT2D eigenvalue weighted by atomic mass is 32.2. The summed E-state index contributed by atoms with van der Waals surface area (Å²) in [4.78, 5) is 12.8. The topological polar surface area (TPSA) is 86.5 Å². The number of nitrogens with two attached hydrogens (primary N) is 1. The zero-order valence-electron chi connectivity index (χ0n) is 14.3. The molecule has 138 valence electrons. The van der Waals surface area contributed by atoms with Crippen LogP contribution in [0.4, 0.5) is 4.39 Å². The highest BCUT2D eigenvalue weighted by Crippen LogP contribution is 2.64. The molecule has 26 heavy (non-hydrogen) atoms. The molecular formula is C19H20FNO4S. The van der Waals surface area contributed by atoms with Crippen LogP contribution in [0.1, 0.15) is 18.4 Å². The molecule has 5 nitrogen and oxygen atoms in total. The molecule has 1 aliphatic carbocycles. The highest BCUT2D eigenvalue weighted by molar-refractivity contribution is 7.92. The van der Waals surface area contributed by atoms with Crippen LogP contribution in [0.25, 0.3) is 0 Å². The third-order valence-corrected chi connectivity index (χ3v) is 7.18. The molecule has 0 spiro atoms. The molecule has 0 radical (unpaired) electrons. The van der Waals surface area contributed by atoms with Crippen molar-refractivity contribution in [2.45, 2.75) is 23.0 Å². The van der Waals surface area contributed by atoms with Crippen molar-refractivity contribution >= 4 is 15.8 Å². The second kappa shape index (κ2) is 6.81. The molecule has 2 aromatic carbocycles. The van der Waals surface area contributed by atoms with Gasteiger partial charge in [-0.15, -0.1) is 0 Å². The van der Waals surface area contributed by atoms with Gasteiger partial charge in [0.1, 0.15) is 11.2 Å². The maximum Gasteiger partial charge on any atom is 0.315 e. The van der Waals surface area contributed by atoms with Crippen molar-refractivity contribution in [1.29, 1.82) is 0 Å². The molecule has 3 rings (SSSR count). The lowest BCUT2D eigenvalue weighted by Gasteiger charge is -2.14. The number of ether oxygens (including phenoxy) is 1. The molecule has 0 aromatic heterocycles. The van der Waals surface area contributed by atoms with Gasteiger partial charge in [0.2, 0.25) is 0 Å². The molecule has 1 aliphatic rings. The van der Waals surface area contributed by atoms with E-state index in [2.05, 4.69) is 0 Å². The maximum atomic E-state index is 13.3. The van der Waals surface area contributed by atoms with E-state index in [1.807, 2.05) is 0 Å². The third kappa shape index (κ3) is 2.81. The first-order valence-corrected chi connectivity index (χ1v) is 9.86. The molecule has 2 aromatic rings. The van der Waals surface area contributed by atoms with E-state index in [9.17, 15) is 17.6 Å². The second-order valence-electron chi connectivity index (χ2n) is 6.27. The molecular weight excluding hydrogens is 357 g/mol. The van der Waals surface area contributed by atoms with E-state index in [0.717, 1.165) is 0 Å². The van der Waals surface area contributed by atoms with Gasteiger partial charge in [-0.25, -0.2) is 12.8 Å². The minimum Gasteiger partial charge on any atom is -0.465 e. The van der Waals surface area contributed by atoms with Gasteiger partial charge in [-0.05, 0) is 36.8 Å². The predicted octanol–water partition coefficient (Wildman–Crippen LogP) is 2.27. The largest absolute Gasteiger partial charge is 0.465 e. The molecule has 1 fully saturated rings. The van der Waals surface area contributed by atoms with Crippen molar-refractivity contribution in [2.24, 2.45) is 11.1 Å². The number of benzene rings is 2. The summed E-state index contributed by atoms with van der Waals surface area (Å²) >= 11 is 0.